The molecule has 0 radical (unpaired) electrons. The maximum Gasteiger partial charge on any atom is 0.114 e. The van der Waals surface area contributed by atoms with Crippen LogP contribution in [-0.2, 0) is 4.74 Å². The second-order valence-electron chi connectivity index (χ2n) is 12.4. The SMILES string of the molecule is C=C1/C(=C\C=C2CCC[C@@]3(C)C2CC[C@@H]3[C@H](C)CCCC(C)(C)O)C[C@@H](O)C(OCCCO)[C@H]1O. The Kier molecular flexibility index (Phi) is 9.84. The Morgan fingerprint density at radius 2 is 1.94 bits per heavy atom. The number of aliphatic hydroxyl groups excluding tert-OH is 3. The van der Waals surface area contributed by atoms with Gasteiger partial charge in [-0.15, -0.1) is 0 Å². The molecule has 7 atom stereocenters. The van der Waals surface area contributed by atoms with Crippen molar-refractivity contribution in [2.24, 2.45) is 23.2 Å². The van der Waals surface area contributed by atoms with Crippen LogP contribution in [0.5, 0.6) is 0 Å². The number of hydrogen-bond acceptors (Lipinski definition) is 5. The van der Waals surface area contributed by atoms with Gasteiger partial charge < -0.3 is 25.2 Å². The van der Waals surface area contributed by atoms with E-state index in [0.29, 0.717) is 42.3 Å². The molecule has 3 fully saturated rings. The molecule has 3 saturated carbocycles. The summed E-state index contributed by atoms with van der Waals surface area (Å²) in [7, 11) is 0. The Morgan fingerprint density at radius 3 is 2.63 bits per heavy atom. The van der Waals surface area contributed by atoms with Gasteiger partial charge in [0.05, 0.1) is 11.7 Å². The van der Waals surface area contributed by atoms with Crippen molar-refractivity contribution in [3.05, 3.63) is 35.5 Å². The molecule has 5 nitrogen and oxygen atoms in total. The fourth-order valence-electron chi connectivity index (χ4n) is 7.21. The van der Waals surface area contributed by atoms with E-state index in [-0.39, 0.29) is 6.61 Å². The molecule has 200 valence electrons. The number of fused-ring (bicyclic) bond motifs is 1. The normalized spacial score (nSPS) is 37.1. The molecule has 0 aromatic carbocycles. The lowest BCUT2D eigenvalue weighted by atomic mass is 9.60. The maximum atomic E-state index is 10.7. The molecule has 0 aromatic heterocycles. The molecular weight excluding hydrogens is 440 g/mol. The first-order valence-electron chi connectivity index (χ1n) is 13.9. The fraction of sp³-hybridized carbons (Fsp3) is 0.800. The second-order valence-corrected chi connectivity index (χ2v) is 12.4. The quantitative estimate of drug-likeness (QED) is 0.321. The van der Waals surface area contributed by atoms with Gasteiger partial charge in [0.1, 0.15) is 12.2 Å². The van der Waals surface area contributed by atoms with Crippen molar-refractivity contribution in [2.45, 2.75) is 116 Å². The summed E-state index contributed by atoms with van der Waals surface area (Å²) in [4.78, 5) is 0. The van der Waals surface area contributed by atoms with E-state index in [9.17, 15) is 15.3 Å². The summed E-state index contributed by atoms with van der Waals surface area (Å²) in [5, 5.41) is 40.4. The van der Waals surface area contributed by atoms with Crippen LogP contribution in [-0.4, -0.2) is 57.6 Å². The highest BCUT2D eigenvalue weighted by Crippen LogP contribution is 2.60. The van der Waals surface area contributed by atoms with Crippen molar-refractivity contribution in [3.63, 3.8) is 0 Å². The minimum atomic E-state index is -0.931. The zero-order valence-electron chi connectivity index (χ0n) is 22.5. The van der Waals surface area contributed by atoms with Gasteiger partial charge in [0, 0.05) is 19.6 Å². The third-order valence-corrected chi connectivity index (χ3v) is 9.17. The van der Waals surface area contributed by atoms with Crippen molar-refractivity contribution in [1.29, 1.82) is 0 Å². The standard InChI is InChI=1S/C30H50O5/c1-20(9-6-15-29(3,4)34)24-13-14-25-22(10-7-16-30(24,25)5)11-12-23-19-26(32)28(27(33)21(23)2)35-18-8-17-31/h11-12,20,24-28,31-34H,2,6-10,13-19H2,1,3-5H3/b22-11?,23-12-/t20-,24-,25?,26-,27+,28?,30-/m1/s1. The van der Waals surface area contributed by atoms with Crippen molar-refractivity contribution < 1.29 is 25.2 Å². The molecule has 35 heavy (non-hydrogen) atoms. The van der Waals surface area contributed by atoms with Gasteiger partial charge in [-0.25, -0.2) is 0 Å². The predicted molar refractivity (Wildman–Crippen MR) is 141 cm³/mol. The summed E-state index contributed by atoms with van der Waals surface area (Å²) in [5.74, 6) is 1.98. The highest BCUT2D eigenvalue weighted by Gasteiger charge is 2.50. The third kappa shape index (κ3) is 6.87. The van der Waals surface area contributed by atoms with Crippen LogP contribution >= 0.6 is 0 Å². The van der Waals surface area contributed by atoms with Gasteiger partial charge in [-0.3, -0.25) is 0 Å². The highest BCUT2D eigenvalue weighted by atomic mass is 16.5. The summed E-state index contributed by atoms with van der Waals surface area (Å²) in [5.41, 5.74) is 2.79. The number of rotatable bonds is 10. The zero-order chi connectivity index (χ0) is 25.8. The number of hydrogen-bond donors (Lipinski definition) is 4. The Hall–Kier alpha value is -0.980. The Labute approximate surface area is 213 Å². The largest absolute Gasteiger partial charge is 0.396 e. The predicted octanol–water partition coefficient (Wildman–Crippen LogP) is 5.08. The number of aliphatic hydroxyl groups is 4. The third-order valence-electron chi connectivity index (χ3n) is 9.17. The van der Waals surface area contributed by atoms with E-state index < -0.39 is 23.9 Å². The first-order chi connectivity index (χ1) is 16.5. The minimum absolute atomic E-state index is 0.0269. The van der Waals surface area contributed by atoms with Crippen molar-refractivity contribution in [3.8, 4) is 0 Å². The summed E-state index contributed by atoms with van der Waals surface area (Å²) in [6.07, 6.45) is 12.1. The first kappa shape index (κ1) is 28.6. The smallest absolute Gasteiger partial charge is 0.114 e. The van der Waals surface area contributed by atoms with E-state index in [1.807, 2.05) is 13.8 Å². The van der Waals surface area contributed by atoms with E-state index in [1.165, 1.54) is 37.7 Å². The van der Waals surface area contributed by atoms with E-state index >= 15 is 0 Å². The summed E-state index contributed by atoms with van der Waals surface area (Å²) in [6, 6.07) is 0. The first-order valence-corrected chi connectivity index (χ1v) is 13.9. The monoisotopic (exact) mass is 490 g/mol. The molecule has 0 aromatic rings. The van der Waals surface area contributed by atoms with Gasteiger partial charge in [-0.2, -0.15) is 0 Å². The molecule has 3 aliphatic carbocycles. The van der Waals surface area contributed by atoms with Crippen LogP contribution in [0.3, 0.4) is 0 Å². The highest BCUT2D eigenvalue weighted by molar-refractivity contribution is 5.40. The van der Waals surface area contributed by atoms with Gasteiger partial charge in [-0.05, 0) is 93.1 Å². The average Bonchev–Trinajstić information content (AvgIpc) is 3.14. The van der Waals surface area contributed by atoms with Gasteiger partial charge in [-0.1, -0.05) is 51.0 Å². The van der Waals surface area contributed by atoms with E-state index in [0.717, 1.165) is 30.8 Å². The van der Waals surface area contributed by atoms with Gasteiger partial charge in [0.15, 0.2) is 0 Å². The molecule has 3 rings (SSSR count). The molecule has 2 unspecified atom stereocenters. The van der Waals surface area contributed by atoms with Gasteiger partial charge in [0.25, 0.3) is 0 Å². The molecular formula is C30H50O5. The average molecular weight is 491 g/mol. The lowest BCUT2D eigenvalue weighted by Crippen LogP contribution is -2.45. The molecule has 0 spiro atoms. The van der Waals surface area contributed by atoms with Crippen molar-refractivity contribution in [2.75, 3.05) is 13.2 Å². The Bertz CT molecular complexity index is 778. The Balaban J connectivity index is 1.67. The molecule has 3 aliphatic rings. The van der Waals surface area contributed by atoms with E-state index in [2.05, 4.69) is 32.6 Å². The van der Waals surface area contributed by atoms with Crippen LogP contribution in [0.25, 0.3) is 0 Å². The molecule has 0 amide bonds. The minimum Gasteiger partial charge on any atom is -0.396 e. The molecule has 0 heterocycles. The summed E-state index contributed by atoms with van der Waals surface area (Å²) in [6.45, 7) is 13.2. The van der Waals surface area contributed by atoms with E-state index in [4.69, 9.17) is 9.84 Å². The Morgan fingerprint density at radius 1 is 1.20 bits per heavy atom. The van der Waals surface area contributed by atoms with Crippen LogP contribution < -0.4 is 0 Å². The fourth-order valence-corrected chi connectivity index (χ4v) is 7.21. The lowest BCUT2D eigenvalue weighted by Gasteiger charge is -2.44. The van der Waals surface area contributed by atoms with Crippen LogP contribution in [0, 0.1) is 23.2 Å². The van der Waals surface area contributed by atoms with Gasteiger partial charge >= 0.3 is 0 Å². The van der Waals surface area contributed by atoms with Crippen molar-refractivity contribution in [1.82, 2.24) is 0 Å². The van der Waals surface area contributed by atoms with Gasteiger partial charge in [0.2, 0.25) is 0 Å². The molecule has 5 heteroatoms. The second kappa shape index (κ2) is 12.0. The number of allylic oxidation sites excluding steroid dienone is 3. The van der Waals surface area contributed by atoms with Crippen LogP contribution in [0.15, 0.2) is 35.5 Å². The molecule has 0 aliphatic heterocycles. The topological polar surface area (TPSA) is 90.2 Å². The summed E-state index contributed by atoms with van der Waals surface area (Å²) < 4.78 is 5.63. The van der Waals surface area contributed by atoms with Crippen molar-refractivity contribution >= 4 is 0 Å². The maximum absolute atomic E-state index is 10.7. The zero-order valence-corrected chi connectivity index (χ0v) is 22.5. The number of ether oxygens (including phenoxy) is 1. The van der Waals surface area contributed by atoms with Crippen LogP contribution in [0.1, 0.15) is 91.9 Å². The lowest BCUT2D eigenvalue weighted by molar-refractivity contribution is -0.0968. The van der Waals surface area contributed by atoms with Crippen LogP contribution in [0.2, 0.25) is 0 Å². The summed E-state index contributed by atoms with van der Waals surface area (Å²) >= 11 is 0. The molecule has 0 saturated heterocycles. The molecule has 0 bridgehead atoms. The van der Waals surface area contributed by atoms with Crippen LogP contribution in [0.4, 0.5) is 0 Å². The molecule has 4 N–H and O–H groups in total. The van der Waals surface area contributed by atoms with E-state index in [1.54, 1.807) is 0 Å².